The van der Waals surface area contributed by atoms with Gasteiger partial charge in [-0.15, -0.1) is 0 Å². The molecule has 2 rings (SSSR count). The minimum Gasteiger partial charge on any atom is -0.389 e. The number of nitrogens with one attached hydrogen (secondary N) is 1. The first kappa shape index (κ1) is 14.1. The lowest BCUT2D eigenvalue weighted by Gasteiger charge is -2.05. The summed E-state index contributed by atoms with van der Waals surface area (Å²) in [7, 11) is 0. The fourth-order valence-electron chi connectivity index (χ4n) is 1.60. The zero-order chi connectivity index (χ0) is 14.0. The molecule has 3 N–H and O–H groups in total. The molecule has 1 aromatic carbocycles. The van der Waals surface area contributed by atoms with E-state index in [1.54, 1.807) is 18.2 Å². The van der Waals surface area contributed by atoms with Crippen molar-refractivity contribution >= 4 is 51.1 Å². The molecule has 0 fully saturated rings. The Kier molecular flexibility index (Phi) is 4.29. The summed E-state index contributed by atoms with van der Waals surface area (Å²) in [5.41, 5.74) is 12.1. The molecule has 0 aliphatic rings. The summed E-state index contributed by atoms with van der Waals surface area (Å²) < 4.78 is 4.19. The van der Waals surface area contributed by atoms with Gasteiger partial charge in [0, 0.05) is 0 Å². The van der Waals surface area contributed by atoms with Gasteiger partial charge in [-0.3, -0.25) is 5.43 Å². The number of aryl methyl sites for hydroxylation is 1. The number of hydrazone groups is 1. The molecule has 1 heterocycles. The first-order valence-electron chi connectivity index (χ1n) is 5.46. The molecule has 0 unspecified atom stereocenters. The molecule has 19 heavy (non-hydrogen) atoms. The van der Waals surface area contributed by atoms with Crippen molar-refractivity contribution < 1.29 is 0 Å². The summed E-state index contributed by atoms with van der Waals surface area (Å²) >= 11 is 13.0. The average molecular weight is 315 g/mol. The molecule has 0 spiro atoms. The first-order chi connectivity index (χ1) is 8.99. The zero-order valence-electron chi connectivity index (χ0n) is 10.4. The van der Waals surface area contributed by atoms with Gasteiger partial charge in [-0.2, -0.15) is 9.47 Å². The van der Waals surface area contributed by atoms with Crippen LogP contribution in [0.4, 0.5) is 10.7 Å². The second-order valence-corrected chi connectivity index (χ2v) is 5.56. The molecular formula is C12H12Cl2N4S. The van der Waals surface area contributed by atoms with E-state index in [9.17, 15) is 0 Å². The second-order valence-electron chi connectivity index (χ2n) is 3.95. The number of hydrogen-bond acceptors (Lipinski definition) is 5. The van der Waals surface area contributed by atoms with Gasteiger partial charge in [0.25, 0.3) is 0 Å². The molecule has 0 amide bonds. The Morgan fingerprint density at radius 1 is 1.37 bits per heavy atom. The number of rotatable bonds is 3. The third-order valence-electron chi connectivity index (χ3n) is 2.52. The Morgan fingerprint density at radius 2 is 2.11 bits per heavy atom. The SMILES string of the molecule is C/C(=N/Nc1ccc(Cl)c(Cl)c1)c1c(C)nsc1N. The molecule has 100 valence electrons. The maximum absolute atomic E-state index is 5.93. The van der Waals surface area contributed by atoms with E-state index < -0.39 is 0 Å². The molecule has 4 nitrogen and oxygen atoms in total. The molecule has 0 bridgehead atoms. The molecule has 0 aliphatic heterocycles. The largest absolute Gasteiger partial charge is 0.389 e. The third-order valence-corrected chi connectivity index (χ3v) is 4.03. The molecule has 7 heteroatoms. The Morgan fingerprint density at radius 3 is 2.68 bits per heavy atom. The molecule has 2 aromatic rings. The number of benzene rings is 1. The number of hydrogen-bond donors (Lipinski definition) is 2. The standard InChI is InChI=1S/C12H12Cl2N4S/c1-6(11-7(2)18-19-12(11)15)16-17-8-3-4-9(13)10(14)5-8/h3-5,17H,15H2,1-2H3/b16-6-. The molecule has 1 aromatic heterocycles. The molecule has 0 saturated carbocycles. The summed E-state index contributed by atoms with van der Waals surface area (Å²) in [6.45, 7) is 3.78. The molecular weight excluding hydrogens is 303 g/mol. The van der Waals surface area contributed by atoms with Gasteiger partial charge in [-0.25, -0.2) is 0 Å². The van der Waals surface area contributed by atoms with Gasteiger partial charge in [-0.1, -0.05) is 23.2 Å². The monoisotopic (exact) mass is 314 g/mol. The predicted molar refractivity (Wildman–Crippen MR) is 83.6 cm³/mol. The van der Waals surface area contributed by atoms with E-state index in [2.05, 4.69) is 14.9 Å². The van der Waals surface area contributed by atoms with Crippen LogP contribution in [-0.2, 0) is 0 Å². The maximum atomic E-state index is 5.93. The molecule has 0 atom stereocenters. The third kappa shape index (κ3) is 3.18. The minimum absolute atomic E-state index is 0.479. The van der Waals surface area contributed by atoms with Gasteiger partial charge in [0.05, 0.1) is 32.7 Å². The van der Waals surface area contributed by atoms with Crippen LogP contribution in [0.1, 0.15) is 18.2 Å². The lowest BCUT2D eigenvalue weighted by Crippen LogP contribution is -2.03. The van der Waals surface area contributed by atoms with Gasteiger partial charge in [0.15, 0.2) is 0 Å². The Hall–Kier alpha value is -1.30. The van der Waals surface area contributed by atoms with Gasteiger partial charge < -0.3 is 5.73 Å². The van der Waals surface area contributed by atoms with Gasteiger partial charge in [0.2, 0.25) is 0 Å². The number of halogens is 2. The van der Waals surface area contributed by atoms with Crippen LogP contribution in [-0.4, -0.2) is 10.1 Å². The van der Waals surface area contributed by atoms with Crippen molar-refractivity contribution in [1.29, 1.82) is 0 Å². The highest BCUT2D eigenvalue weighted by molar-refractivity contribution is 7.10. The highest BCUT2D eigenvalue weighted by Gasteiger charge is 2.10. The van der Waals surface area contributed by atoms with E-state index in [0.29, 0.717) is 15.0 Å². The van der Waals surface area contributed by atoms with Crippen molar-refractivity contribution in [3.05, 3.63) is 39.5 Å². The van der Waals surface area contributed by atoms with Gasteiger partial charge in [0.1, 0.15) is 5.00 Å². The fraction of sp³-hybridized carbons (Fsp3) is 0.167. The number of nitrogen functional groups attached to an aromatic ring is 1. The van der Waals surface area contributed by atoms with Crippen molar-refractivity contribution in [3.8, 4) is 0 Å². The second kappa shape index (κ2) is 5.77. The topological polar surface area (TPSA) is 63.3 Å². The van der Waals surface area contributed by atoms with E-state index in [1.807, 2.05) is 13.8 Å². The fourth-order valence-corrected chi connectivity index (χ4v) is 2.61. The van der Waals surface area contributed by atoms with Crippen molar-refractivity contribution in [2.24, 2.45) is 5.10 Å². The summed E-state index contributed by atoms with van der Waals surface area (Å²) in [5, 5.41) is 5.93. The van der Waals surface area contributed by atoms with Crippen molar-refractivity contribution in [1.82, 2.24) is 4.37 Å². The lowest BCUT2D eigenvalue weighted by atomic mass is 10.2. The van der Waals surface area contributed by atoms with Crippen LogP contribution in [0, 0.1) is 6.92 Å². The summed E-state index contributed by atoms with van der Waals surface area (Å²) in [6, 6.07) is 5.22. The smallest absolute Gasteiger partial charge is 0.116 e. The average Bonchev–Trinajstić information content (AvgIpc) is 2.70. The van der Waals surface area contributed by atoms with E-state index in [-0.39, 0.29) is 0 Å². The van der Waals surface area contributed by atoms with Crippen molar-refractivity contribution in [2.75, 3.05) is 11.2 Å². The zero-order valence-corrected chi connectivity index (χ0v) is 12.7. The van der Waals surface area contributed by atoms with E-state index in [1.165, 1.54) is 11.5 Å². The number of nitrogens with zero attached hydrogens (tertiary/aromatic N) is 2. The van der Waals surface area contributed by atoms with Crippen LogP contribution in [0.5, 0.6) is 0 Å². The van der Waals surface area contributed by atoms with Crippen LogP contribution in [0.3, 0.4) is 0 Å². The minimum atomic E-state index is 0.479. The van der Waals surface area contributed by atoms with Crippen LogP contribution in [0.15, 0.2) is 23.3 Å². The summed E-state index contributed by atoms with van der Waals surface area (Å²) in [6.07, 6.45) is 0. The van der Waals surface area contributed by atoms with Crippen LogP contribution in [0.25, 0.3) is 0 Å². The van der Waals surface area contributed by atoms with Crippen molar-refractivity contribution in [3.63, 3.8) is 0 Å². The Balaban J connectivity index is 2.20. The van der Waals surface area contributed by atoms with E-state index >= 15 is 0 Å². The van der Waals surface area contributed by atoms with Crippen LogP contribution < -0.4 is 11.2 Å². The quantitative estimate of drug-likeness (QED) is 0.660. The number of nitrogens with two attached hydrogens (primary N) is 1. The molecule has 0 radical (unpaired) electrons. The Labute approximate surface area is 125 Å². The molecule has 0 saturated heterocycles. The van der Waals surface area contributed by atoms with Gasteiger partial charge in [-0.05, 0) is 43.6 Å². The summed E-state index contributed by atoms with van der Waals surface area (Å²) in [5.74, 6) is 0. The predicted octanol–water partition coefficient (Wildman–Crippen LogP) is 4.18. The van der Waals surface area contributed by atoms with Crippen LogP contribution in [0.2, 0.25) is 10.0 Å². The lowest BCUT2D eigenvalue weighted by molar-refractivity contribution is 1.29. The van der Waals surface area contributed by atoms with E-state index in [4.69, 9.17) is 28.9 Å². The normalized spacial score (nSPS) is 11.7. The maximum Gasteiger partial charge on any atom is 0.116 e. The highest BCUT2D eigenvalue weighted by Crippen LogP contribution is 2.25. The van der Waals surface area contributed by atoms with Crippen molar-refractivity contribution in [2.45, 2.75) is 13.8 Å². The molecule has 0 aliphatic carbocycles. The Bertz CT molecular complexity index is 617. The number of aromatic nitrogens is 1. The van der Waals surface area contributed by atoms with E-state index in [0.717, 1.165) is 22.7 Å². The number of anilines is 2. The highest BCUT2D eigenvalue weighted by atomic mass is 35.5. The first-order valence-corrected chi connectivity index (χ1v) is 6.99. The van der Waals surface area contributed by atoms with Crippen LogP contribution >= 0.6 is 34.7 Å². The van der Waals surface area contributed by atoms with Gasteiger partial charge >= 0.3 is 0 Å². The summed E-state index contributed by atoms with van der Waals surface area (Å²) in [4.78, 5) is 0.